The molecule has 0 radical (unpaired) electrons. The quantitative estimate of drug-likeness (QED) is 0.552. The average molecular weight is 286 g/mol. The van der Waals surface area contributed by atoms with Crippen molar-refractivity contribution in [3.63, 3.8) is 0 Å². The van der Waals surface area contributed by atoms with Gasteiger partial charge in [-0.3, -0.25) is 4.79 Å². The van der Waals surface area contributed by atoms with Crippen molar-refractivity contribution in [3.05, 3.63) is 11.1 Å². The Kier molecular flexibility index (Phi) is 2.98. The van der Waals surface area contributed by atoms with Gasteiger partial charge in [0, 0.05) is 12.8 Å². The van der Waals surface area contributed by atoms with Gasteiger partial charge in [0.15, 0.2) is 0 Å². The molecule has 0 bridgehead atoms. The standard InChI is InChI=1S/C20H30O/c1-19(2)10-9-16-15-5-4-13-12-14(21)8-11-20(13,3)18(15)7-6-17(16)19/h13,15,18H,4-12H2,1-3H3/t13-,15-,18+,20-/m0/s1. The van der Waals surface area contributed by atoms with E-state index in [2.05, 4.69) is 20.8 Å². The van der Waals surface area contributed by atoms with E-state index in [0.717, 1.165) is 24.7 Å². The van der Waals surface area contributed by atoms with Crippen LogP contribution in [0.2, 0.25) is 0 Å². The van der Waals surface area contributed by atoms with Crippen LogP contribution >= 0.6 is 0 Å². The van der Waals surface area contributed by atoms with Crippen molar-refractivity contribution >= 4 is 5.78 Å². The van der Waals surface area contributed by atoms with Crippen LogP contribution in [0.1, 0.15) is 78.6 Å². The van der Waals surface area contributed by atoms with Crippen molar-refractivity contribution in [1.29, 1.82) is 0 Å². The summed E-state index contributed by atoms with van der Waals surface area (Å²) in [6.07, 6.45) is 11.1. The van der Waals surface area contributed by atoms with Gasteiger partial charge in [0.05, 0.1) is 0 Å². The largest absolute Gasteiger partial charge is 0.300 e. The van der Waals surface area contributed by atoms with Crippen LogP contribution in [0.15, 0.2) is 11.1 Å². The van der Waals surface area contributed by atoms with Crippen molar-refractivity contribution in [2.45, 2.75) is 78.6 Å². The van der Waals surface area contributed by atoms with E-state index >= 15 is 0 Å². The summed E-state index contributed by atoms with van der Waals surface area (Å²) >= 11 is 0. The molecule has 4 aliphatic carbocycles. The minimum absolute atomic E-state index is 0.460. The first kappa shape index (κ1) is 14.0. The fourth-order valence-corrected chi connectivity index (χ4v) is 6.52. The molecule has 0 N–H and O–H groups in total. The predicted octanol–water partition coefficient (Wildman–Crippen LogP) is 5.30. The van der Waals surface area contributed by atoms with Gasteiger partial charge in [0.1, 0.15) is 5.78 Å². The Hall–Kier alpha value is -0.590. The summed E-state index contributed by atoms with van der Waals surface area (Å²) in [6.45, 7) is 7.46. The highest BCUT2D eigenvalue weighted by molar-refractivity contribution is 5.79. The lowest BCUT2D eigenvalue weighted by molar-refractivity contribution is -0.129. The number of Topliss-reactive ketones (excluding diaryl/α,β-unsaturated/α-hetero) is 1. The molecule has 0 unspecified atom stereocenters. The molecule has 0 aromatic rings. The maximum Gasteiger partial charge on any atom is 0.133 e. The summed E-state index contributed by atoms with van der Waals surface area (Å²) in [5, 5.41) is 0. The Morgan fingerprint density at radius 1 is 0.952 bits per heavy atom. The predicted molar refractivity (Wildman–Crippen MR) is 85.9 cm³/mol. The molecule has 0 amide bonds. The lowest BCUT2D eigenvalue weighted by atomic mass is 9.49. The van der Waals surface area contributed by atoms with Gasteiger partial charge in [-0.2, -0.15) is 0 Å². The lowest BCUT2D eigenvalue weighted by Gasteiger charge is -2.55. The zero-order valence-electron chi connectivity index (χ0n) is 14.0. The van der Waals surface area contributed by atoms with Crippen molar-refractivity contribution in [3.8, 4) is 0 Å². The molecule has 4 rings (SSSR count). The van der Waals surface area contributed by atoms with E-state index in [-0.39, 0.29) is 0 Å². The van der Waals surface area contributed by atoms with Gasteiger partial charge >= 0.3 is 0 Å². The number of rotatable bonds is 0. The normalized spacial score (nSPS) is 45.1. The van der Waals surface area contributed by atoms with E-state index in [4.69, 9.17) is 0 Å². The molecule has 21 heavy (non-hydrogen) atoms. The van der Waals surface area contributed by atoms with Gasteiger partial charge in [0.2, 0.25) is 0 Å². The molecule has 0 aromatic carbocycles. The number of hydrogen-bond donors (Lipinski definition) is 0. The maximum absolute atomic E-state index is 11.9. The van der Waals surface area contributed by atoms with Gasteiger partial charge in [0.25, 0.3) is 0 Å². The lowest BCUT2D eigenvalue weighted by Crippen LogP contribution is -2.48. The Balaban J connectivity index is 1.68. The second-order valence-electron chi connectivity index (χ2n) is 9.16. The highest BCUT2D eigenvalue weighted by Crippen LogP contribution is 2.63. The van der Waals surface area contributed by atoms with Crippen molar-refractivity contribution < 1.29 is 4.79 Å². The minimum Gasteiger partial charge on any atom is -0.300 e. The Bertz CT molecular complexity index is 512. The van der Waals surface area contributed by atoms with Crippen LogP contribution in [0, 0.1) is 28.6 Å². The highest BCUT2D eigenvalue weighted by Gasteiger charge is 2.53. The molecule has 0 heterocycles. The van der Waals surface area contributed by atoms with Gasteiger partial charge < -0.3 is 0 Å². The SMILES string of the molecule is CC1(C)CCC2=C1CC[C@@H]1[C@H]2CC[C@H]2CC(=O)CC[C@@]21C. The average Bonchev–Trinajstić information content (AvgIpc) is 2.76. The van der Waals surface area contributed by atoms with Crippen molar-refractivity contribution in [2.24, 2.45) is 28.6 Å². The zero-order valence-corrected chi connectivity index (χ0v) is 14.0. The Morgan fingerprint density at radius 2 is 1.76 bits per heavy atom. The first-order valence-electron chi connectivity index (χ1n) is 9.16. The molecule has 116 valence electrons. The number of allylic oxidation sites excluding steroid dienone is 2. The second kappa shape index (κ2) is 4.46. The third-order valence-electron chi connectivity index (χ3n) is 7.88. The van der Waals surface area contributed by atoms with E-state index < -0.39 is 0 Å². The number of carbonyl (C=O) groups is 1. The molecule has 4 aliphatic rings. The molecule has 0 spiro atoms. The number of hydrogen-bond acceptors (Lipinski definition) is 1. The number of fused-ring (bicyclic) bond motifs is 4. The van der Waals surface area contributed by atoms with Crippen LogP contribution in [0.4, 0.5) is 0 Å². The summed E-state index contributed by atoms with van der Waals surface area (Å²) in [7, 11) is 0. The van der Waals surface area contributed by atoms with Crippen LogP contribution in [0.3, 0.4) is 0 Å². The maximum atomic E-state index is 11.9. The molecule has 0 aromatic heterocycles. The minimum atomic E-state index is 0.460. The molecular weight excluding hydrogens is 256 g/mol. The van der Waals surface area contributed by atoms with Gasteiger partial charge in [-0.25, -0.2) is 0 Å². The van der Waals surface area contributed by atoms with Gasteiger partial charge in [-0.15, -0.1) is 0 Å². The third kappa shape index (κ3) is 1.92. The van der Waals surface area contributed by atoms with Crippen LogP contribution in [0.25, 0.3) is 0 Å². The molecule has 1 nitrogen and oxygen atoms in total. The molecule has 0 aliphatic heterocycles. The highest BCUT2D eigenvalue weighted by atomic mass is 16.1. The summed E-state index contributed by atoms with van der Waals surface area (Å²) in [4.78, 5) is 11.9. The van der Waals surface area contributed by atoms with Crippen LogP contribution < -0.4 is 0 Å². The van der Waals surface area contributed by atoms with Crippen molar-refractivity contribution in [1.82, 2.24) is 0 Å². The van der Waals surface area contributed by atoms with Gasteiger partial charge in [-0.1, -0.05) is 31.9 Å². The van der Waals surface area contributed by atoms with E-state index in [0.29, 0.717) is 22.5 Å². The third-order valence-corrected chi connectivity index (χ3v) is 7.88. The van der Waals surface area contributed by atoms with Crippen molar-refractivity contribution in [2.75, 3.05) is 0 Å². The topological polar surface area (TPSA) is 17.1 Å². The zero-order chi connectivity index (χ0) is 14.8. The Morgan fingerprint density at radius 3 is 2.57 bits per heavy atom. The number of ketones is 1. The van der Waals surface area contributed by atoms with Gasteiger partial charge in [-0.05, 0) is 73.5 Å². The first-order valence-corrected chi connectivity index (χ1v) is 9.16. The Labute approximate surface area is 129 Å². The van der Waals surface area contributed by atoms with Crippen LogP contribution in [-0.4, -0.2) is 5.78 Å². The summed E-state index contributed by atoms with van der Waals surface area (Å²) in [6, 6.07) is 0. The van der Waals surface area contributed by atoms with Crippen LogP contribution in [0.5, 0.6) is 0 Å². The molecule has 0 saturated heterocycles. The summed E-state index contributed by atoms with van der Waals surface area (Å²) in [5.74, 6) is 2.96. The fraction of sp³-hybridized carbons (Fsp3) is 0.850. The molecule has 4 atom stereocenters. The second-order valence-corrected chi connectivity index (χ2v) is 9.16. The molecular formula is C20H30O. The fourth-order valence-electron chi connectivity index (χ4n) is 6.52. The van der Waals surface area contributed by atoms with E-state index in [1.165, 1.54) is 44.9 Å². The van der Waals surface area contributed by atoms with E-state index in [1.54, 1.807) is 0 Å². The monoisotopic (exact) mass is 286 g/mol. The van der Waals surface area contributed by atoms with E-state index in [1.807, 2.05) is 11.1 Å². The van der Waals surface area contributed by atoms with Crippen LogP contribution in [-0.2, 0) is 4.79 Å². The molecule has 2 fully saturated rings. The van der Waals surface area contributed by atoms with E-state index in [9.17, 15) is 4.79 Å². The number of carbonyl (C=O) groups excluding carboxylic acids is 1. The first-order chi connectivity index (χ1) is 9.92. The molecule has 2 saturated carbocycles. The summed E-state index contributed by atoms with van der Waals surface area (Å²) < 4.78 is 0. The molecule has 1 heteroatoms. The summed E-state index contributed by atoms with van der Waals surface area (Å²) in [5.41, 5.74) is 4.63. The smallest absolute Gasteiger partial charge is 0.133 e.